The fraction of sp³-hybridized carbons (Fsp3) is 0.677. The first kappa shape index (κ1) is 71.6. The van der Waals surface area contributed by atoms with Crippen LogP contribution >= 0.6 is 0 Å². The Hall–Kier alpha value is -4.52. The van der Waals surface area contributed by atoms with Crippen LogP contribution < -0.4 is 21.3 Å². The first-order valence-corrected chi connectivity index (χ1v) is 27.6. The van der Waals surface area contributed by atoms with E-state index in [1.165, 1.54) is 6.92 Å². The van der Waals surface area contributed by atoms with Gasteiger partial charge in [-0.3, -0.25) is 38.4 Å². The Morgan fingerprint density at radius 1 is 0.419 bits per heavy atom. The molecule has 4 N–H and O–H groups in total. The van der Waals surface area contributed by atoms with Crippen molar-refractivity contribution in [1.82, 2.24) is 16.0 Å². The summed E-state index contributed by atoms with van der Waals surface area (Å²) in [7, 11) is 0. The molecule has 2 rings (SSSR count). The molecule has 0 aromatic heterocycles. The van der Waals surface area contributed by atoms with Crippen LogP contribution in [-0.2, 0) is 25.7 Å². The molecule has 0 aliphatic carbocycles. The van der Waals surface area contributed by atoms with Crippen LogP contribution in [0.4, 0.5) is 5.69 Å². The Balaban J connectivity index is 0. The molecule has 0 spiro atoms. The molecule has 0 radical (unpaired) electrons. The zero-order valence-corrected chi connectivity index (χ0v) is 50.5. The molecule has 420 valence electrons. The first-order valence-electron chi connectivity index (χ1n) is 27.6. The number of carbonyl (C=O) groups excluding carboxylic acids is 8. The van der Waals surface area contributed by atoms with Crippen LogP contribution in [0.2, 0.25) is 0 Å². The Morgan fingerprint density at radius 2 is 0.838 bits per heavy atom. The molecule has 12 nitrogen and oxygen atoms in total. The highest BCUT2D eigenvalue weighted by Gasteiger charge is 2.24. The van der Waals surface area contributed by atoms with E-state index in [0.717, 1.165) is 24.1 Å². The van der Waals surface area contributed by atoms with Crippen LogP contribution in [0, 0.1) is 41.4 Å². The van der Waals surface area contributed by atoms with Gasteiger partial charge in [-0.25, -0.2) is 0 Å². The molecule has 0 amide bonds. The summed E-state index contributed by atoms with van der Waals surface area (Å²) in [5, 5.41) is 13.1. The van der Waals surface area contributed by atoms with Crippen LogP contribution in [-0.4, -0.2) is 82.5 Å². The molecular formula is C62H104N4O8. The minimum absolute atomic E-state index is 0.0143. The second-order valence-corrected chi connectivity index (χ2v) is 23.2. The van der Waals surface area contributed by atoms with Gasteiger partial charge in [-0.2, -0.15) is 0 Å². The number of hydrogen-bond donors (Lipinski definition) is 4. The van der Waals surface area contributed by atoms with Crippen LogP contribution in [0.25, 0.3) is 0 Å². The molecule has 0 saturated carbocycles. The summed E-state index contributed by atoms with van der Waals surface area (Å²) in [6.45, 7) is 45.0. The summed E-state index contributed by atoms with van der Waals surface area (Å²) >= 11 is 0. The number of rotatable bonds is 29. The summed E-state index contributed by atoms with van der Waals surface area (Å²) < 4.78 is 0. The third kappa shape index (κ3) is 29.5. The molecule has 0 aliphatic heterocycles. The van der Waals surface area contributed by atoms with Crippen molar-refractivity contribution in [3.05, 3.63) is 64.2 Å². The van der Waals surface area contributed by atoms with Crippen molar-refractivity contribution in [2.45, 2.75) is 234 Å². The quantitative estimate of drug-likeness (QED) is 0.0566. The van der Waals surface area contributed by atoms with E-state index < -0.39 is 0 Å². The summed E-state index contributed by atoms with van der Waals surface area (Å²) in [5.74, 6) is 1.03. The van der Waals surface area contributed by atoms with E-state index in [0.29, 0.717) is 60.1 Å². The van der Waals surface area contributed by atoms with Crippen molar-refractivity contribution < 1.29 is 38.4 Å². The van der Waals surface area contributed by atoms with Crippen LogP contribution in [0.15, 0.2) is 36.4 Å². The molecule has 0 bridgehead atoms. The van der Waals surface area contributed by atoms with E-state index in [1.54, 1.807) is 12.1 Å². The maximum atomic E-state index is 12.2. The number of ketones is 8. The van der Waals surface area contributed by atoms with Gasteiger partial charge in [-0.05, 0) is 69.9 Å². The number of anilines is 1. The van der Waals surface area contributed by atoms with Crippen molar-refractivity contribution >= 4 is 52.0 Å². The third-order valence-corrected chi connectivity index (χ3v) is 11.8. The van der Waals surface area contributed by atoms with Crippen LogP contribution in [0.1, 0.15) is 238 Å². The van der Waals surface area contributed by atoms with Gasteiger partial charge in [0.05, 0.1) is 12.1 Å². The molecule has 0 aliphatic rings. The molecular weight excluding hydrogens is 929 g/mol. The number of carbonyl (C=O) groups is 8. The average Bonchev–Trinajstić information content (AvgIpc) is 3.29. The Labute approximate surface area is 449 Å². The standard InChI is InChI=1S/C17H25NO2.C16H23NO2.C15H29NO2.C14H27NO2/c1-10(2)16(19)13-7-14(17(20)11(3)4)9-15(8-13)18-12(5)6;1-10(2)16(19)14-7-6-13(9-17-11(3)4)8-15(14)12(5)18;1-10(2)14(17)9-7-8-13(16-12(5)6)15(18)11(3)4;1-9(2)13(16)8-7-12(15-11(5)6)14(17)10(3)4/h7-12,18H,1-6H3;6-8,10-11,17H,9H2,1-5H3;10-13,16H,7-9H2,1-6H3;9-12,15H,7-8H2,1-6H3/t;;13-;12-/m..11/s1. The lowest BCUT2D eigenvalue weighted by Gasteiger charge is -2.22. The third-order valence-electron chi connectivity index (χ3n) is 11.8. The van der Waals surface area contributed by atoms with Gasteiger partial charge in [-0.15, -0.1) is 0 Å². The molecule has 2 atom stereocenters. The molecule has 2 aromatic carbocycles. The van der Waals surface area contributed by atoms with Gasteiger partial charge in [0.15, 0.2) is 34.7 Å². The number of Topliss-reactive ketones (excluding diaryl/α,β-unsaturated/α-hetero) is 8. The highest BCUT2D eigenvalue weighted by Crippen LogP contribution is 2.22. The normalized spacial score (nSPS) is 12.2. The molecule has 2 aromatic rings. The van der Waals surface area contributed by atoms with E-state index in [2.05, 4.69) is 35.1 Å². The average molecular weight is 1030 g/mol. The van der Waals surface area contributed by atoms with E-state index in [1.807, 2.05) is 163 Å². The van der Waals surface area contributed by atoms with Crippen LogP contribution in [0.5, 0.6) is 0 Å². The molecule has 0 fully saturated rings. The predicted molar refractivity (Wildman–Crippen MR) is 308 cm³/mol. The summed E-state index contributed by atoms with van der Waals surface area (Å²) in [6.07, 6.45) is 3.24. The van der Waals surface area contributed by atoms with Crippen LogP contribution in [0.3, 0.4) is 0 Å². The monoisotopic (exact) mass is 1030 g/mol. The minimum Gasteiger partial charge on any atom is -0.383 e. The fourth-order valence-electron chi connectivity index (χ4n) is 7.41. The van der Waals surface area contributed by atoms with Crippen molar-refractivity contribution in [2.24, 2.45) is 41.4 Å². The van der Waals surface area contributed by atoms with Gasteiger partial charge in [0.1, 0.15) is 11.6 Å². The zero-order valence-electron chi connectivity index (χ0n) is 50.5. The summed E-state index contributed by atoms with van der Waals surface area (Å²) in [4.78, 5) is 95.3. The number of nitrogens with one attached hydrogen (secondary N) is 4. The maximum Gasteiger partial charge on any atom is 0.166 e. The first-order chi connectivity index (χ1) is 34.0. The topological polar surface area (TPSA) is 185 Å². The second-order valence-electron chi connectivity index (χ2n) is 23.2. The van der Waals surface area contributed by atoms with Gasteiger partial charge >= 0.3 is 0 Å². The Bertz CT molecular complexity index is 2040. The molecule has 0 heterocycles. The van der Waals surface area contributed by atoms with Gasteiger partial charge in [-0.1, -0.05) is 151 Å². The van der Waals surface area contributed by atoms with Crippen molar-refractivity contribution in [3.63, 3.8) is 0 Å². The fourth-order valence-corrected chi connectivity index (χ4v) is 7.41. The zero-order chi connectivity index (χ0) is 57.9. The number of hydrogen-bond acceptors (Lipinski definition) is 12. The second kappa shape index (κ2) is 36.5. The predicted octanol–water partition coefficient (Wildman–Crippen LogP) is 13.0. The van der Waals surface area contributed by atoms with Gasteiger partial charge in [0.25, 0.3) is 0 Å². The van der Waals surface area contributed by atoms with E-state index in [4.69, 9.17) is 0 Å². The molecule has 12 heteroatoms. The van der Waals surface area contributed by atoms with Crippen molar-refractivity contribution in [2.75, 3.05) is 5.32 Å². The highest BCUT2D eigenvalue weighted by molar-refractivity contribution is 6.09. The molecule has 0 saturated heterocycles. The van der Waals surface area contributed by atoms with Gasteiger partial charge in [0.2, 0.25) is 0 Å². The van der Waals surface area contributed by atoms with Gasteiger partial charge in [0, 0.05) is 113 Å². The van der Waals surface area contributed by atoms with E-state index in [9.17, 15) is 38.4 Å². The largest absolute Gasteiger partial charge is 0.383 e. The van der Waals surface area contributed by atoms with Crippen molar-refractivity contribution in [1.29, 1.82) is 0 Å². The lowest BCUT2D eigenvalue weighted by Crippen LogP contribution is -2.43. The SMILES string of the molecule is CC(=O)c1cc(CNC(C)C)ccc1C(=O)C(C)C.CC(C)N[C@H](CCC(=O)C(C)C)C(=O)C(C)C.CC(C)N[C@H](CCCC(=O)C(C)C)C(=O)C(C)C.CC(C)Nc1cc(C(=O)C(C)C)cc(C(=O)C(C)C)c1. The number of benzene rings is 2. The maximum absolute atomic E-state index is 12.2. The summed E-state index contributed by atoms with van der Waals surface area (Å²) in [6, 6.07) is 11.8. The summed E-state index contributed by atoms with van der Waals surface area (Å²) in [5.41, 5.74) is 4.14. The Kier molecular flexibility index (Phi) is 35.3. The van der Waals surface area contributed by atoms with Gasteiger partial charge < -0.3 is 21.3 Å². The van der Waals surface area contributed by atoms with E-state index >= 15 is 0 Å². The van der Waals surface area contributed by atoms with E-state index in [-0.39, 0.29) is 112 Å². The molecule has 74 heavy (non-hydrogen) atoms. The minimum atomic E-state index is -0.183. The lowest BCUT2D eigenvalue weighted by molar-refractivity contribution is -0.125. The Morgan fingerprint density at radius 3 is 1.19 bits per heavy atom. The lowest BCUT2D eigenvalue weighted by atomic mass is 9.93. The smallest absolute Gasteiger partial charge is 0.166 e. The molecule has 0 unspecified atom stereocenters. The van der Waals surface area contributed by atoms with Crippen molar-refractivity contribution in [3.8, 4) is 0 Å². The highest BCUT2D eigenvalue weighted by atomic mass is 16.2.